The second kappa shape index (κ2) is 14.4. The van der Waals surface area contributed by atoms with E-state index in [0.717, 1.165) is 19.3 Å². The Bertz CT molecular complexity index is 459. The van der Waals surface area contributed by atoms with Crippen molar-refractivity contribution in [2.24, 2.45) is 4.99 Å². The van der Waals surface area contributed by atoms with Gasteiger partial charge in [0.15, 0.2) is 0 Å². The average Bonchev–Trinajstić information content (AvgIpc) is 2.55. The fourth-order valence-corrected chi connectivity index (χ4v) is 2.44. The number of amides is 2. The van der Waals surface area contributed by atoms with E-state index in [-0.39, 0.29) is 25.0 Å². The fourth-order valence-electron chi connectivity index (χ4n) is 2.44. The van der Waals surface area contributed by atoms with E-state index in [1.54, 1.807) is 27.8 Å². The summed E-state index contributed by atoms with van der Waals surface area (Å²) < 4.78 is 5.16. The molecule has 0 bridgehead atoms. The first-order valence-electron chi connectivity index (χ1n) is 10.1. The highest BCUT2D eigenvalue weighted by Crippen LogP contribution is 2.10. The number of hydrogen-bond donors (Lipinski definition) is 2. The van der Waals surface area contributed by atoms with Crippen molar-refractivity contribution in [3.05, 3.63) is 0 Å². The van der Waals surface area contributed by atoms with Crippen molar-refractivity contribution in [1.29, 1.82) is 0 Å². The molecule has 0 saturated heterocycles. The third-order valence-electron chi connectivity index (χ3n) is 3.90. The lowest BCUT2D eigenvalue weighted by molar-refractivity contribution is -0.119. The Hall–Kier alpha value is -1.63. The molecule has 0 aromatic heterocycles. The molecular weight excluding hydrogens is 346 g/mol. The van der Waals surface area contributed by atoms with Gasteiger partial charge in [0.05, 0.1) is 6.61 Å². The molecule has 0 rings (SSSR count). The largest absolute Gasteiger partial charge is 0.442 e. The summed E-state index contributed by atoms with van der Waals surface area (Å²) in [5.41, 5.74) is -0.664. The van der Waals surface area contributed by atoms with Crippen molar-refractivity contribution >= 4 is 18.0 Å². The first kappa shape index (κ1) is 25.4. The van der Waals surface area contributed by atoms with Crippen LogP contribution < -0.4 is 5.32 Å². The van der Waals surface area contributed by atoms with Gasteiger partial charge in [-0.2, -0.15) is 0 Å². The summed E-state index contributed by atoms with van der Waals surface area (Å²) in [5, 5.41) is 11.8. The number of nitrogens with zero attached hydrogens (tertiary/aromatic N) is 2. The fraction of sp³-hybridized carbons (Fsp3) is 0.850. The molecule has 0 aromatic carbocycles. The van der Waals surface area contributed by atoms with Crippen LogP contribution in [0.3, 0.4) is 0 Å². The Morgan fingerprint density at radius 1 is 1.04 bits per heavy atom. The Morgan fingerprint density at radius 3 is 2.11 bits per heavy atom. The number of rotatable bonds is 11. The van der Waals surface area contributed by atoms with Crippen LogP contribution in [-0.2, 0) is 9.53 Å². The summed E-state index contributed by atoms with van der Waals surface area (Å²) in [5.74, 6) is -0.0871. The lowest BCUT2D eigenvalue weighted by Crippen LogP contribution is -2.44. The van der Waals surface area contributed by atoms with Crippen molar-refractivity contribution in [3.63, 3.8) is 0 Å². The van der Waals surface area contributed by atoms with Gasteiger partial charge in [0, 0.05) is 20.0 Å². The third-order valence-corrected chi connectivity index (χ3v) is 3.90. The molecule has 2 N–H and O–H groups in total. The number of aliphatic imine (C=N–C) groups is 1. The number of aliphatic hydroxyl groups is 1. The van der Waals surface area contributed by atoms with Gasteiger partial charge >= 0.3 is 6.09 Å². The molecule has 0 fully saturated rings. The first-order valence-corrected chi connectivity index (χ1v) is 10.1. The zero-order valence-electron chi connectivity index (χ0n) is 17.8. The Kier molecular flexibility index (Phi) is 13.6. The summed E-state index contributed by atoms with van der Waals surface area (Å²) >= 11 is 0. The zero-order chi connectivity index (χ0) is 20.7. The average molecular weight is 386 g/mol. The smallest absolute Gasteiger partial charge is 0.437 e. The second-order valence-electron chi connectivity index (χ2n) is 7.83. The number of ether oxygens (including phenoxy) is 1. The monoisotopic (exact) mass is 385 g/mol. The molecule has 0 aliphatic carbocycles. The van der Waals surface area contributed by atoms with Crippen LogP contribution in [0.15, 0.2) is 4.99 Å². The molecule has 0 radical (unpaired) electrons. The van der Waals surface area contributed by atoms with Crippen molar-refractivity contribution in [2.75, 3.05) is 20.2 Å². The van der Waals surface area contributed by atoms with Crippen LogP contribution in [0, 0.1) is 0 Å². The molecule has 27 heavy (non-hydrogen) atoms. The molecule has 0 spiro atoms. The van der Waals surface area contributed by atoms with Crippen LogP contribution in [-0.4, -0.2) is 53.8 Å². The van der Waals surface area contributed by atoms with Crippen molar-refractivity contribution in [2.45, 2.75) is 91.1 Å². The molecule has 0 aliphatic rings. The van der Waals surface area contributed by atoms with Crippen LogP contribution in [0.2, 0.25) is 0 Å². The minimum Gasteiger partial charge on any atom is -0.442 e. The quantitative estimate of drug-likeness (QED) is 0.320. The Labute approximate surface area is 164 Å². The van der Waals surface area contributed by atoms with E-state index in [1.165, 1.54) is 37.0 Å². The van der Waals surface area contributed by atoms with Crippen LogP contribution >= 0.6 is 0 Å². The number of carbonyl (C=O) groups excluding carboxylic acids is 2. The van der Waals surface area contributed by atoms with Crippen molar-refractivity contribution in [3.8, 4) is 0 Å². The number of unbranched alkanes of at least 4 members (excludes halogenated alkanes) is 7. The van der Waals surface area contributed by atoms with Gasteiger partial charge in [0.25, 0.3) is 0 Å². The van der Waals surface area contributed by atoms with Gasteiger partial charge in [-0.15, -0.1) is 4.99 Å². The molecule has 158 valence electrons. The normalized spacial score (nSPS) is 12.0. The predicted octanol–water partition coefficient (Wildman–Crippen LogP) is 3.85. The maximum atomic E-state index is 12.2. The van der Waals surface area contributed by atoms with Crippen LogP contribution in [0.1, 0.15) is 85.5 Å². The second-order valence-corrected chi connectivity index (χ2v) is 7.83. The SMILES string of the molecule is CCCCCCCCCCC(=O)N/C(=N\C(=O)OC(C)(C)C)N(C)CCO. The molecule has 0 atom stereocenters. The lowest BCUT2D eigenvalue weighted by Gasteiger charge is -2.22. The maximum absolute atomic E-state index is 12.2. The third kappa shape index (κ3) is 15.2. The Morgan fingerprint density at radius 2 is 1.59 bits per heavy atom. The van der Waals surface area contributed by atoms with E-state index in [2.05, 4.69) is 17.2 Å². The summed E-state index contributed by atoms with van der Waals surface area (Å²) in [6.07, 6.45) is 8.89. The highest BCUT2D eigenvalue weighted by atomic mass is 16.6. The molecule has 7 heteroatoms. The molecular formula is C20H39N3O4. The van der Waals surface area contributed by atoms with Crippen molar-refractivity contribution < 1.29 is 19.4 Å². The standard InChI is InChI=1S/C20H39N3O4/c1-6-7-8-9-10-11-12-13-14-17(25)21-18(23(5)15-16-24)22-19(26)27-20(2,3)4/h24H,6-16H2,1-5H3,(H,21,22,25,26). The van der Waals surface area contributed by atoms with Gasteiger partial charge in [-0.1, -0.05) is 51.9 Å². The number of guanidine groups is 1. The van der Waals surface area contributed by atoms with Crippen LogP contribution in [0.5, 0.6) is 0 Å². The number of likely N-dealkylation sites (N-methyl/N-ethyl adjacent to an activating group) is 1. The Balaban J connectivity index is 4.40. The van der Waals surface area contributed by atoms with Gasteiger partial charge in [-0.25, -0.2) is 4.79 Å². The molecule has 7 nitrogen and oxygen atoms in total. The van der Waals surface area contributed by atoms with E-state index in [1.807, 2.05) is 0 Å². The van der Waals surface area contributed by atoms with Gasteiger partial charge < -0.3 is 14.7 Å². The van der Waals surface area contributed by atoms with E-state index < -0.39 is 11.7 Å². The maximum Gasteiger partial charge on any atom is 0.437 e. The van der Waals surface area contributed by atoms with Gasteiger partial charge in [-0.3, -0.25) is 10.1 Å². The minimum absolute atomic E-state index is 0.0999. The summed E-state index contributed by atoms with van der Waals surface area (Å²) in [4.78, 5) is 29.5. The molecule has 0 aliphatic heterocycles. The first-order chi connectivity index (χ1) is 12.7. The number of hydrogen-bond acceptors (Lipinski definition) is 4. The molecule has 0 unspecified atom stereocenters. The van der Waals surface area contributed by atoms with E-state index in [0.29, 0.717) is 6.42 Å². The van der Waals surface area contributed by atoms with E-state index >= 15 is 0 Å². The van der Waals surface area contributed by atoms with E-state index in [9.17, 15) is 9.59 Å². The number of nitrogens with one attached hydrogen (secondary N) is 1. The summed E-state index contributed by atoms with van der Waals surface area (Å²) in [6.45, 7) is 7.59. The van der Waals surface area contributed by atoms with Crippen LogP contribution in [0.4, 0.5) is 4.79 Å². The van der Waals surface area contributed by atoms with Gasteiger partial charge in [-0.05, 0) is 27.2 Å². The topological polar surface area (TPSA) is 91.2 Å². The lowest BCUT2D eigenvalue weighted by atomic mass is 10.1. The van der Waals surface area contributed by atoms with E-state index in [4.69, 9.17) is 9.84 Å². The minimum atomic E-state index is -0.769. The molecule has 0 heterocycles. The predicted molar refractivity (Wildman–Crippen MR) is 109 cm³/mol. The molecule has 0 aromatic rings. The summed E-state index contributed by atoms with van der Waals surface area (Å²) in [7, 11) is 1.65. The van der Waals surface area contributed by atoms with Gasteiger partial charge in [0.2, 0.25) is 11.9 Å². The van der Waals surface area contributed by atoms with Crippen LogP contribution in [0.25, 0.3) is 0 Å². The van der Waals surface area contributed by atoms with Gasteiger partial charge in [0.1, 0.15) is 5.60 Å². The molecule has 0 saturated carbocycles. The summed E-state index contributed by atoms with van der Waals surface area (Å²) in [6, 6.07) is 0. The zero-order valence-corrected chi connectivity index (χ0v) is 17.8. The molecule has 2 amide bonds. The highest BCUT2D eigenvalue weighted by Gasteiger charge is 2.18. The number of aliphatic hydroxyl groups excluding tert-OH is 1. The van der Waals surface area contributed by atoms with Crippen molar-refractivity contribution in [1.82, 2.24) is 10.2 Å². The highest BCUT2D eigenvalue weighted by molar-refractivity contribution is 6.00. The number of carbonyl (C=O) groups is 2.